The van der Waals surface area contributed by atoms with Crippen molar-refractivity contribution in [1.82, 2.24) is 5.32 Å². The molecule has 490 valence electrons. The Morgan fingerprint density at radius 2 is 0.812 bits per heavy atom. The third-order valence-electron chi connectivity index (χ3n) is 16.0. The maximum atomic E-state index is 13.3. The van der Waals surface area contributed by atoms with Gasteiger partial charge in [-0.3, -0.25) is 4.79 Å². The number of aliphatic hydroxyl groups excluding tert-OH is 8. The van der Waals surface area contributed by atoms with Gasteiger partial charge in [0.25, 0.3) is 0 Å². The maximum absolute atomic E-state index is 13.3. The third kappa shape index (κ3) is 39.5. The average Bonchev–Trinajstić information content (AvgIpc) is 3.69. The van der Waals surface area contributed by atoms with Gasteiger partial charge in [-0.25, -0.2) is 0 Å². The molecule has 0 radical (unpaired) electrons. The zero-order valence-electron chi connectivity index (χ0n) is 53.1. The minimum Gasteiger partial charge on any atom is -0.394 e. The monoisotopic (exact) mass is 1200 g/mol. The van der Waals surface area contributed by atoms with E-state index >= 15 is 0 Å². The molecule has 2 rings (SSSR count). The number of allylic oxidation sites excluding steroid dienone is 15. The first-order chi connectivity index (χ1) is 41.6. The van der Waals surface area contributed by atoms with Crippen LogP contribution in [0.15, 0.2) is 97.2 Å². The molecule has 12 unspecified atom stereocenters. The van der Waals surface area contributed by atoms with Crippen LogP contribution in [0, 0.1) is 0 Å². The fourth-order valence-corrected chi connectivity index (χ4v) is 10.6. The molecular formula is C71H123NO13. The Bertz CT molecular complexity index is 1800. The van der Waals surface area contributed by atoms with Gasteiger partial charge in [-0.05, 0) is 77.0 Å². The average molecular weight is 1200 g/mol. The molecule has 2 heterocycles. The lowest BCUT2D eigenvalue weighted by molar-refractivity contribution is -0.359. The van der Waals surface area contributed by atoms with Gasteiger partial charge in [0.05, 0.1) is 32.0 Å². The number of amides is 1. The number of hydrogen-bond acceptors (Lipinski definition) is 13. The molecule has 0 aromatic carbocycles. The second-order valence-electron chi connectivity index (χ2n) is 23.6. The molecule has 0 saturated carbocycles. The Balaban J connectivity index is 1.72. The van der Waals surface area contributed by atoms with Gasteiger partial charge in [-0.1, -0.05) is 265 Å². The highest BCUT2D eigenvalue weighted by molar-refractivity contribution is 5.76. The normalized spacial score (nSPS) is 24.2. The molecule has 1 amide bonds. The van der Waals surface area contributed by atoms with Crippen LogP contribution in [0.4, 0.5) is 0 Å². The van der Waals surface area contributed by atoms with E-state index in [1.165, 1.54) is 122 Å². The minimum absolute atomic E-state index is 0.252. The van der Waals surface area contributed by atoms with E-state index in [-0.39, 0.29) is 18.9 Å². The van der Waals surface area contributed by atoms with E-state index in [4.69, 9.17) is 18.9 Å². The van der Waals surface area contributed by atoms with Crippen molar-refractivity contribution in [2.75, 3.05) is 19.8 Å². The van der Waals surface area contributed by atoms with Crippen molar-refractivity contribution in [3.8, 4) is 0 Å². The lowest BCUT2D eigenvalue weighted by Gasteiger charge is -2.46. The summed E-state index contributed by atoms with van der Waals surface area (Å²) in [6.07, 6.45) is 60.1. The van der Waals surface area contributed by atoms with Crippen molar-refractivity contribution in [3.05, 3.63) is 97.2 Å². The van der Waals surface area contributed by atoms with Gasteiger partial charge in [-0.15, -0.1) is 0 Å². The summed E-state index contributed by atoms with van der Waals surface area (Å²) in [5.41, 5.74) is 0. The van der Waals surface area contributed by atoms with E-state index in [1.54, 1.807) is 6.08 Å². The van der Waals surface area contributed by atoms with E-state index in [0.717, 1.165) is 103 Å². The summed E-state index contributed by atoms with van der Waals surface area (Å²) in [6, 6.07) is -0.929. The molecule has 0 aromatic heterocycles. The lowest BCUT2D eigenvalue weighted by atomic mass is 9.97. The first-order valence-corrected chi connectivity index (χ1v) is 34.0. The molecule has 12 atom stereocenters. The first-order valence-electron chi connectivity index (χ1n) is 34.0. The highest BCUT2D eigenvalue weighted by atomic mass is 16.7. The second-order valence-corrected chi connectivity index (χ2v) is 23.6. The Morgan fingerprint density at radius 3 is 1.25 bits per heavy atom. The number of carbonyl (C=O) groups excluding carboxylic acids is 1. The molecule has 9 N–H and O–H groups in total. The van der Waals surface area contributed by atoms with Gasteiger partial charge in [0.2, 0.25) is 5.91 Å². The fourth-order valence-electron chi connectivity index (χ4n) is 10.6. The molecule has 2 fully saturated rings. The summed E-state index contributed by atoms with van der Waals surface area (Å²) in [7, 11) is 0. The molecule has 2 saturated heterocycles. The molecule has 0 aromatic rings. The van der Waals surface area contributed by atoms with Crippen LogP contribution in [0.25, 0.3) is 0 Å². The summed E-state index contributed by atoms with van der Waals surface area (Å²) in [5, 5.41) is 87.4. The van der Waals surface area contributed by atoms with Crippen LogP contribution in [-0.2, 0) is 23.7 Å². The van der Waals surface area contributed by atoms with Gasteiger partial charge in [0.15, 0.2) is 12.6 Å². The number of rotatable bonds is 54. The predicted octanol–water partition coefficient (Wildman–Crippen LogP) is 13.4. The maximum Gasteiger partial charge on any atom is 0.220 e. The summed E-state index contributed by atoms with van der Waals surface area (Å²) in [5.74, 6) is -0.252. The summed E-state index contributed by atoms with van der Waals surface area (Å²) >= 11 is 0. The molecule has 2 aliphatic rings. The van der Waals surface area contributed by atoms with Gasteiger partial charge >= 0.3 is 0 Å². The van der Waals surface area contributed by atoms with Crippen molar-refractivity contribution < 1.29 is 64.6 Å². The molecule has 85 heavy (non-hydrogen) atoms. The second kappa shape index (κ2) is 55.0. The number of ether oxygens (including phenoxy) is 4. The molecule has 0 aliphatic carbocycles. The summed E-state index contributed by atoms with van der Waals surface area (Å²) in [6.45, 7) is 2.69. The van der Waals surface area contributed by atoms with Crippen LogP contribution in [0.5, 0.6) is 0 Å². The Morgan fingerprint density at radius 1 is 0.435 bits per heavy atom. The highest BCUT2D eigenvalue weighted by Gasteiger charge is 2.51. The minimum atomic E-state index is -1.79. The van der Waals surface area contributed by atoms with Crippen LogP contribution >= 0.6 is 0 Å². The zero-order valence-corrected chi connectivity index (χ0v) is 53.1. The number of hydrogen-bond donors (Lipinski definition) is 9. The summed E-state index contributed by atoms with van der Waals surface area (Å²) < 4.78 is 22.8. The van der Waals surface area contributed by atoms with Crippen LogP contribution in [-0.4, -0.2) is 140 Å². The SMILES string of the molecule is CC/C=C\C/C=C\C/C=C\C/C=C\C/C=C\C/C=C\C/C=C\CCCCCCCCCC(=O)NC(COC1OC(CO)C(OC2OC(CO)C(O)C(O)C2O)C(O)C1O)C(O)/C=C/CCCCCCCCCCCCCCCCCCCCCC. The topological polar surface area (TPSA) is 228 Å². The number of nitrogens with one attached hydrogen (secondary N) is 1. The van der Waals surface area contributed by atoms with E-state index in [0.29, 0.717) is 6.42 Å². The van der Waals surface area contributed by atoms with Crippen LogP contribution in [0.1, 0.15) is 251 Å². The zero-order chi connectivity index (χ0) is 61.6. The quantitative estimate of drug-likeness (QED) is 0.0204. The first kappa shape index (κ1) is 78.0. The van der Waals surface area contributed by atoms with E-state index < -0.39 is 86.8 Å². The van der Waals surface area contributed by atoms with Crippen molar-refractivity contribution in [2.24, 2.45) is 0 Å². The van der Waals surface area contributed by atoms with Crippen molar-refractivity contribution >= 4 is 5.91 Å². The van der Waals surface area contributed by atoms with Crippen molar-refractivity contribution in [2.45, 2.75) is 325 Å². The number of unbranched alkanes of at least 4 members (excludes halogenated alkanes) is 27. The highest BCUT2D eigenvalue weighted by Crippen LogP contribution is 2.30. The smallest absolute Gasteiger partial charge is 0.220 e. The molecule has 0 spiro atoms. The molecule has 14 heteroatoms. The number of carbonyl (C=O) groups is 1. The number of aliphatic hydroxyl groups is 8. The van der Waals surface area contributed by atoms with Gasteiger partial charge in [0, 0.05) is 6.42 Å². The molecule has 0 bridgehead atoms. The largest absolute Gasteiger partial charge is 0.394 e. The van der Waals surface area contributed by atoms with Gasteiger partial charge in [0.1, 0.15) is 48.8 Å². The summed E-state index contributed by atoms with van der Waals surface area (Å²) in [4.78, 5) is 13.3. The van der Waals surface area contributed by atoms with Crippen LogP contribution < -0.4 is 5.32 Å². The predicted molar refractivity (Wildman–Crippen MR) is 346 cm³/mol. The Labute approximate surface area is 515 Å². The standard InChI is InChI=1S/C71H123NO13/c1-3-5-7-9-11-13-15-17-19-21-23-25-27-28-29-30-31-32-33-35-37-39-41-43-45-47-49-51-53-55-63(76)72-59(58-82-70-68(81)66(79)69(62(57-74)84-70)85-71-67(80)65(78)64(77)61(56-73)83-71)60(75)54-52-50-48-46-44-42-40-38-36-34-26-24-22-20-18-16-14-12-10-8-6-4-2/h5,7,11,13,17,19,23,25,28-29,31-32,35,37,52,54,59-62,64-71,73-75,77-81H,3-4,6,8-10,12,14-16,18,20-22,24,26-27,30,33-34,36,38-51,53,55-58H2,1-2H3,(H,72,76)/b7-5-,13-11-,19-17-,25-23-,29-28-,32-31-,37-35-,54-52+. The van der Waals surface area contributed by atoms with Gasteiger partial charge in [-0.2, -0.15) is 0 Å². The fraction of sp³-hybridized carbons (Fsp3) is 0.761. The van der Waals surface area contributed by atoms with Gasteiger partial charge < -0.3 is 65.1 Å². The molecule has 2 aliphatic heterocycles. The lowest BCUT2D eigenvalue weighted by Crippen LogP contribution is -2.65. The molecular weight excluding hydrogens is 1070 g/mol. The van der Waals surface area contributed by atoms with Crippen LogP contribution in [0.2, 0.25) is 0 Å². The van der Waals surface area contributed by atoms with Crippen molar-refractivity contribution in [3.63, 3.8) is 0 Å². The Kier molecular flexibility index (Phi) is 50.5. The molecule has 14 nitrogen and oxygen atoms in total. The third-order valence-corrected chi connectivity index (χ3v) is 16.0. The van der Waals surface area contributed by atoms with Crippen molar-refractivity contribution in [1.29, 1.82) is 0 Å². The van der Waals surface area contributed by atoms with E-state index in [2.05, 4.69) is 104 Å². The van der Waals surface area contributed by atoms with Crippen LogP contribution in [0.3, 0.4) is 0 Å². The van der Waals surface area contributed by atoms with E-state index in [9.17, 15) is 45.6 Å². The van der Waals surface area contributed by atoms with E-state index in [1.807, 2.05) is 6.08 Å². The Hall–Kier alpha value is -3.09.